The fourth-order valence-electron chi connectivity index (χ4n) is 4.04. The molecule has 0 spiro atoms. The van der Waals surface area contributed by atoms with Gasteiger partial charge < -0.3 is 29.1 Å². The summed E-state index contributed by atoms with van der Waals surface area (Å²) < 4.78 is 16.4. The highest BCUT2D eigenvalue weighted by atomic mass is 35.5. The lowest BCUT2D eigenvalue weighted by atomic mass is 9.94. The molecule has 34 heavy (non-hydrogen) atoms. The summed E-state index contributed by atoms with van der Waals surface area (Å²) in [7, 11) is 8.34. The quantitative estimate of drug-likeness (QED) is 0.327. The van der Waals surface area contributed by atoms with Gasteiger partial charge in [-0.3, -0.25) is 9.59 Å². The van der Waals surface area contributed by atoms with Crippen LogP contribution in [-0.4, -0.2) is 75.1 Å². The Kier molecular flexibility index (Phi) is 8.06. The SMILES string of the molecule is COc1cc(C2C(=C(O)c3ccc(Cl)cc3)C(=O)C(=O)N2CCCN(C)C)cc(OC)c1OC. The first kappa shape index (κ1) is 25.4. The highest BCUT2D eigenvalue weighted by Gasteiger charge is 2.46. The van der Waals surface area contributed by atoms with Gasteiger partial charge in [0.25, 0.3) is 11.7 Å². The lowest BCUT2D eigenvalue weighted by molar-refractivity contribution is -0.139. The van der Waals surface area contributed by atoms with Crippen LogP contribution in [0.25, 0.3) is 5.76 Å². The third kappa shape index (κ3) is 4.98. The number of aliphatic hydroxyl groups is 1. The molecule has 1 unspecified atom stereocenters. The summed E-state index contributed by atoms with van der Waals surface area (Å²) in [5.41, 5.74) is 0.925. The van der Waals surface area contributed by atoms with E-state index in [0.717, 1.165) is 6.54 Å². The predicted octanol–water partition coefficient (Wildman–Crippen LogP) is 3.74. The van der Waals surface area contributed by atoms with Gasteiger partial charge in [0.15, 0.2) is 11.5 Å². The van der Waals surface area contributed by atoms with Gasteiger partial charge in [-0.1, -0.05) is 11.6 Å². The van der Waals surface area contributed by atoms with Gasteiger partial charge in [0.1, 0.15) is 5.76 Å². The Morgan fingerprint density at radius 3 is 2.12 bits per heavy atom. The first-order valence-electron chi connectivity index (χ1n) is 10.7. The van der Waals surface area contributed by atoms with Crippen LogP contribution in [0.3, 0.4) is 0 Å². The molecule has 1 aliphatic heterocycles. The van der Waals surface area contributed by atoms with Gasteiger partial charge >= 0.3 is 0 Å². The summed E-state index contributed by atoms with van der Waals surface area (Å²) in [5.74, 6) is -0.562. The number of carbonyl (C=O) groups excluding carboxylic acids is 2. The van der Waals surface area contributed by atoms with E-state index in [9.17, 15) is 14.7 Å². The number of halogens is 1. The number of ether oxygens (including phenoxy) is 3. The Morgan fingerprint density at radius 1 is 1.03 bits per heavy atom. The van der Waals surface area contributed by atoms with Crippen LogP contribution in [-0.2, 0) is 9.59 Å². The molecule has 1 saturated heterocycles. The number of carbonyl (C=O) groups is 2. The number of hydrogen-bond donors (Lipinski definition) is 1. The minimum absolute atomic E-state index is 0.00792. The van der Waals surface area contributed by atoms with Crippen molar-refractivity contribution < 1.29 is 28.9 Å². The smallest absolute Gasteiger partial charge is 0.295 e. The molecule has 1 fully saturated rings. The van der Waals surface area contributed by atoms with Gasteiger partial charge in [-0.15, -0.1) is 0 Å². The molecule has 0 radical (unpaired) electrons. The fraction of sp³-hybridized carbons (Fsp3) is 0.360. The monoisotopic (exact) mass is 488 g/mol. The highest BCUT2D eigenvalue weighted by Crippen LogP contribution is 2.45. The second kappa shape index (κ2) is 10.8. The van der Waals surface area contributed by atoms with Gasteiger partial charge in [0.05, 0.1) is 32.9 Å². The predicted molar refractivity (Wildman–Crippen MR) is 130 cm³/mol. The minimum Gasteiger partial charge on any atom is -0.507 e. The molecule has 9 heteroatoms. The van der Waals surface area contributed by atoms with Crippen molar-refractivity contribution in [1.82, 2.24) is 9.80 Å². The fourth-order valence-corrected chi connectivity index (χ4v) is 4.16. The Morgan fingerprint density at radius 2 is 1.62 bits per heavy atom. The van der Waals surface area contributed by atoms with E-state index in [0.29, 0.717) is 46.4 Å². The molecule has 0 aromatic heterocycles. The molecular formula is C25H29ClN2O6. The maximum Gasteiger partial charge on any atom is 0.295 e. The van der Waals surface area contributed by atoms with Crippen molar-refractivity contribution in [3.05, 3.63) is 58.1 Å². The average Bonchev–Trinajstić information content (AvgIpc) is 3.07. The van der Waals surface area contributed by atoms with E-state index in [1.807, 2.05) is 19.0 Å². The Labute approximate surface area is 204 Å². The zero-order valence-corrected chi connectivity index (χ0v) is 20.7. The zero-order chi connectivity index (χ0) is 25.0. The molecule has 3 rings (SSSR count). The van der Waals surface area contributed by atoms with Crippen molar-refractivity contribution in [1.29, 1.82) is 0 Å². The molecule has 8 nitrogen and oxygen atoms in total. The van der Waals surface area contributed by atoms with E-state index < -0.39 is 17.7 Å². The van der Waals surface area contributed by atoms with Crippen molar-refractivity contribution >= 4 is 29.1 Å². The molecule has 1 atom stereocenters. The van der Waals surface area contributed by atoms with Crippen molar-refractivity contribution in [3.8, 4) is 17.2 Å². The van der Waals surface area contributed by atoms with Gasteiger partial charge in [0.2, 0.25) is 5.75 Å². The van der Waals surface area contributed by atoms with Crippen LogP contribution in [0.4, 0.5) is 0 Å². The van der Waals surface area contributed by atoms with E-state index in [1.54, 1.807) is 36.4 Å². The second-order valence-electron chi connectivity index (χ2n) is 8.11. The first-order valence-corrected chi connectivity index (χ1v) is 11.1. The van der Waals surface area contributed by atoms with Crippen molar-refractivity contribution in [2.45, 2.75) is 12.5 Å². The second-order valence-corrected chi connectivity index (χ2v) is 8.55. The van der Waals surface area contributed by atoms with E-state index in [4.69, 9.17) is 25.8 Å². The standard InChI is InChI=1S/C25H29ClN2O6/c1-27(2)11-6-12-28-21(16-13-18(32-3)24(34-5)19(14-16)33-4)20(23(30)25(28)31)22(29)15-7-9-17(26)10-8-15/h7-10,13-14,21,29H,6,11-12H2,1-5H3. The van der Waals surface area contributed by atoms with Gasteiger partial charge in [-0.05, 0) is 69.0 Å². The van der Waals surface area contributed by atoms with Crippen LogP contribution >= 0.6 is 11.6 Å². The number of methoxy groups -OCH3 is 3. The minimum atomic E-state index is -0.841. The van der Waals surface area contributed by atoms with Gasteiger partial charge in [-0.2, -0.15) is 0 Å². The molecule has 1 amide bonds. The van der Waals surface area contributed by atoms with Crippen LogP contribution in [0.5, 0.6) is 17.2 Å². The lowest BCUT2D eigenvalue weighted by Gasteiger charge is -2.27. The van der Waals surface area contributed by atoms with Crippen LogP contribution in [0, 0.1) is 0 Å². The van der Waals surface area contributed by atoms with E-state index in [1.165, 1.54) is 26.2 Å². The number of hydrogen-bond acceptors (Lipinski definition) is 7. The number of likely N-dealkylation sites (tertiary alicyclic amines) is 1. The summed E-state index contributed by atoms with van der Waals surface area (Å²) in [6, 6.07) is 8.95. The first-order chi connectivity index (χ1) is 16.2. The summed E-state index contributed by atoms with van der Waals surface area (Å²) in [5, 5.41) is 11.6. The lowest BCUT2D eigenvalue weighted by Crippen LogP contribution is -2.32. The number of benzene rings is 2. The van der Waals surface area contributed by atoms with Crippen LogP contribution in [0.1, 0.15) is 23.6 Å². The van der Waals surface area contributed by atoms with Crippen LogP contribution in [0.15, 0.2) is 42.0 Å². The number of amides is 1. The Balaban J connectivity index is 2.21. The molecule has 1 aliphatic rings. The summed E-state index contributed by atoms with van der Waals surface area (Å²) >= 11 is 5.98. The van der Waals surface area contributed by atoms with E-state index in [2.05, 4.69) is 0 Å². The molecule has 1 N–H and O–H groups in total. The molecule has 2 aromatic rings. The molecule has 182 valence electrons. The molecule has 0 aliphatic carbocycles. The van der Waals surface area contributed by atoms with Crippen molar-refractivity contribution in [2.75, 3.05) is 48.5 Å². The third-order valence-corrected chi connectivity index (χ3v) is 5.92. The van der Waals surface area contributed by atoms with Gasteiger partial charge in [-0.25, -0.2) is 0 Å². The van der Waals surface area contributed by atoms with Crippen molar-refractivity contribution in [3.63, 3.8) is 0 Å². The normalized spacial score (nSPS) is 17.4. The van der Waals surface area contributed by atoms with Crippen LogP contribution < -0.4 is 14.2 Å². The van der Waals surface area contributed by atoms with E-state index in [-0.39, 0.29) is 11.3 Å². The topological polar surface area (TPSA) is 88.5 Å². The summed E-state index contributed by atoms with van der Waals surface area (Å²) in [4.78, 5) is 29.8. The summed E-state index contributed by atoms with van der Waals surface area (Å²) in [6.07, 6.45) is 0.641. The van der Waals surface area contributed by atoms with Crippen LogP contribution in [0.2, 0.25) is 5.02 Å². The zero-order valence-electron chi connectivity index (χ0n) is 19.9. The molecule has 0 bridgehead atoms. The third-order valence-electron chi connectivity index (χ3n) is 5.66. The van der Waals surface area contributed by atoms with Crippen molar-refractivity contribution in [2.24, 2.45) is 0 Å². The Hall–Kier alpha value is -3.23. The molecule has 2 aromatic carbocycles. The van der Waals surface area contributed by atoms with Gasteiger partial charge in [0, 0.05) is 17.1 Å². The average molecular weight is 489 g/mol. The Bertz CT molecular complexity index is 1070. The number of aliphatic hydroxyl groups excluding tert-OH is 1. The highest BCUT2D eigenvalue weighted by molar-refractivity contribution is 6.46. The number of nitrogens with zero attached hydrogens (tertiary/aromatic N) is 2. The molecule has 0 saturated carbocycles. The van der Waals surface area contributed by atoms with E-state index >= 15 is 0 Å². The largest absolute Gasteiger partial charge is 0.507 e. The number of ketones is 1. The maximum atomic E-state index is 13.2. The number of rotatable bonds is 9. The molecular weight excluding hydrogens is 460 g/mol. The maximum absolute atomic E-state index is 13.2. The number of Topliss-reactive ketones (excluding diaryl/α,β-unsaturated/α-hetero) is 1. The molecule has 1 heterocycles. The summed E-state index contributed by atoms with van der Waals surface area (Å²) in [6.45, 7) is 1.05.